The molecule has 1 unspecified atom stereocenters. The van der Waals surface area contributed by atoms with E-state index in [1.165, 1.54) is 11.0 Å². The fraction of sp³-hybridized carbons (Fsp3) is 0.583. The zero-order valence-electron chi connectivity index (χ0n) is 26.4. The van der Waals surface area contributed by atoms with Gasteiger partial charge in [0.05, 0.1) is 26.1 Å². The minimum atomic E-state index is -5.07. The Morgan fingerprint density at radius 1 is 1.24 bits per heavy atom. The summed E-state index contributed by atoms with van der Waals surface area (Å²) < 4.78 is 83.8. The molecule has 6 rings (SSSR count). The average molecular weight is 747 g/mol. The second-order valence-corrected chi connectivity index (χ2v) is 14.4. The summed E-state index contributed by atoms with van der Waals surface area (Å²) in [7, 11) is -8.44. The summed E-state index contributed by atoms with van der Waals surface area (Å²) in [5.74, 6) is -0.875. The number of amides is 1. The molecule has 1 amide bonds. The second kappa shape index (κ2) is 13.9. The molecular weight excluding hydrogens is 714 g/mol. The number of ether oxygens (including phenoxy) is 2. The number of aromatic nitrogens is 9. The van der Waals surface area contributed by atoms with E-state index >= 15 is 4.39 Å². The highest BCUT2D eigenvalue weighted by atomic mass is 32.2. The zero-order chi connectivity index (χ0) is 36.0. The molecule has 2 aliphatic heterocycles. The molecule has 0 spiro atoms. The van der Waals surface area contributed by atoms with E-state index in [9.17, 15) is 27.5 Å². The minimum absolute atomic E-state index is 0.00537. The number of carbonyl (C=O) groups excluding carboxylic acids is 1. The van der Waals surface area contributed by atoms with Gasteiger partial charge in [-0.25, -0.2) is 23.9 Å². The number of nitrogen functional groups attached to an aromatic ring is 1. The third-order valence-corrected chi connectivity index (χ3v) is 9.69. The van der Waals surface area contributed by atoms with Gasteiger partial charge in [0, 0.05) is 12.5 Å². The van der Waals surface area contributed by atoms with E-state index in [2.05, 4.69) is 44.7 Å². The van der Waals surface area contributed by atoms with Crippen LogP contribution in [-0.4, -0.2) is 108 Å². The number of phosphoric acid groups is 1. The van der Waals surface area contributed by atoms with Crippen LogP contribution in [0, 0.1) is 5.92 Å². The predicted molar refractivity (Wildman–Crippen MR) is 166 cm³/mol. The molecule has 4 aromatic rings. The Balaban J connectivity index is 1.14. The van der Waals surface area contributed by atoms with Gasteiger partial charge < -0.3 is 20.1 Å². The maximum atomic E-state index is 16.0. The Morgan fingerprint density at radius 3 is 2.76 bits per heavy atom. The number of anilines is 2. The number of imidazole rings is 1. The first-order valence-electron chi connectivity index (χ1n) is 14.9. The first-order chi connectivity index (χ1) is 23.7. The minimum Gasteiger partial charge on any atom is -0.382 e. The molecule has 6 N–H and O–H groups in total. The molecule has 0 radical (unpaired) electrons. The highest BCUT2D eigenvalue weighted by molar-refractivity contribution is 7.84. The van der Waals surface area contributed by atoms with Crippen LogP contribution in [0.15, 0.2) is 17.4 Å². The summed E-state index contributed by atoms with van der Waals surface area (Å²) in [6, 6.07) is 0. The normalized spacial score (nSPS) is 25.5. The fourth-order valence-corrected chi connectivity index (χ4v) is 6.67. The van der Waals surface area contributed by atoms with Gasteiger partial charge in [0.1, 0.15) is 24.1 Å². The van der Waals surface area contributed by atoms with Crippen molar-refractivity contribution in [3.8, 4) is 0 Å². The van der Waals surface area contributed by atoms with Gasteiger partial charge in [0.2, 0.25) is 11.9 Å². The number of nitrogens with zero attached hydrogens (tertiary/aromatic N) is 8. The van der Waals surface area contributed by atoms with E-state index in [4.69, 9.17) is 24.3 Å². The van der Waals surface area contributed by atoms with Crippen LogP contribution >= 0.6 is 7.82 Å². The fourth-order valence-electron chi connectivity index (χ4n) is 5.21. The van der Waals surface area contributed by atoms with E-state index in [0.29, 0.717) is 6.42 Å². The SMILES string of the molecule is COS(=O)(=O)NC[C@H]1O[C@@H](n2cnc3c(N)ncnc32)[C@@H](F)[C@@H]1OP(=O)(O)OC[C@@H]1CC[C@H](n2nnc3c(=O)[nH]c(NC(=O)C(C)C)nc32)O1. The standard InChI is InChI=1S/C24H32FN12O11PS/c1-10(2)21(38)32-24-31-20-16(22(39)33-24)34-35-37(20)13-5-4-11(46-13)7-45-49(40,41)48-17-12(6-30-50(42,43)44-3)47-23(14(17)25)36-9-29-15-18(26)27-8-28-19(15)36/h8-14,17,23,30H,4-7H2,1-3H3,(H,40,41)(H2,26,27,28)(H2,31,32,33,38,39)/t11-,12+,13+,14-,17+,23+/m0/s1. The van der Waals surface area contributed by atoms with Crippen LogP contribution in [0.4, 0.5) is 16.2 Å². The quantitative estimate of drug-likeness (QED) is 0.107. The lowest BCUT2D eigenvalue weighted by atomic mass is 10.1. The molecule has 6 heterocycles. The number of halogens is 1. The topological polar surface area (TPSA) is 305 Å². The van der Waals surface area contributed by atoms with Gasteiger partial charge in [-0.1, -0.05) is 19.1 Å². The lowest BCUT2D eigenvalue weighted by Gasteiger charge is -2.23. The molecule has 0 bridgehead atoms. The molecule has 0 aliphatic carbocycles. The Bertz CT molecular complexity index is 2110. The number of H-pyrrole nitrogens is 1. The van der Waals surface area contributed by atoms with Gasteiger partial charge in [0.15, 0.2) is 41.3 Å². The molecule has 2 aliphatic rings. The number of nitrogens with one attached hydrogen (secondary N) is 3. The van der Waals surface area contributed by atoms with E-state index in [0.717, 1.165) is 18.0 Å². The monoisotopic (exact) mass is 746 g/mol. The Morgan fingerprint density at radius 2 is 2.02 bits per heavy atom. The zero-order valence-corrected chi connectivity index (χ0v) is 28.2. The summed E-state index contributed by atoms with van der Waals surface area (Å²) in [5, 5.41) is 10.3. The van der Waals surface area contributed by atoms with Crippen LogP contribution in [0.5, 0.6) is 0 Å². The summed E-state index contributed by atoms with van der Waals surface area (Å²) in [5.41, 5.74) is 5.31. The highest BCUT2D eigenvalue weighted by Gasteiger charge is 2.51. The van der Waals surface area contributed by atoms with E-state index in [1.807, 2.05) is 4.72 Å². The molecule has 23 nitrogen and oxygen atoms in total. The molecule has 2 fully saturated rings. The van der Waals surface area contributed by atoms with Gasteiger partial charge in [0.25, 0.3) is 5.56 Å². The van der Waals surface area contributed by atoms with Crippen molar-refractivity contribution < 1.29 is 49.8 Å². The molecule has 7 atom stereocenters. The van der Waals surface area contributed by atoms with Crippen LogP contribution < -0.4 is 21.3 Å². The second-order valence-electron chi connectivity index (χ2n) is 11.5. The molecule has 0 saturated carbocycles. The van der Waals surface area contributed by atoms with Crippen LogP contribution in [0.3, 0.4) is 0 Å². The van der Waals surface area contributed by atoms with Crippen molar-refractivity contribution in [2.45, 2.75) is 63.6 Å². The van der Waals surface area contributed by atoms with E-state index < -0.39 is 73.8 Å². The molecule has 2 saturated heterocycles. The van der Waals surface area contributed by atoms with Gasteiger partial charge in [-0.05, 0) is 12.8 Å². The summed E-state index contributed by atoms with van der Waals surface area (Å²) >= 11 is 0. The van der Waals surface area contributed by atoms with Gasteiger partial charge in [-0.15, -0.1) is 5.10 Å². The molecule has 26 heteroatoms. The third-order valence-electron chi connectivity index (χ3n) is 7.75. The van der Waals surface area contributed by atoms with Gasteiger partial charge in [-0.3, -0.25) is 37.7 Å². The number of alkyl halides is 1. The number of aromatic amines is 1. The van der Waals surface area contributed by atoms with Gasteiger partial charge in [-0.2, -0.15) is 22.8 Å². The summed E-state index contributed by atoms with van der Waals surface area (Å²) in [6.07, 6.45) is -5.80. The Kier molecular flexibility index (Phi) is 9.95. The van der Waals surface area contributed by atoms with Crippen LogP contribution in [-0.2, 0) is 42.4 Å². The highest BCUT2D eigenvalue weighted by Crippen LogP contribution is 2.50. The van der Waals surface area contributed by atoms with Crippen molar-refractivity contribution in [2.24, 2.45) is 5.92 Å². The lowest BCUT2D eigenvalue weighted by Crippen LogP contribution is -2.40. The predicted octanol–water partition coefficient (Wildman–Crippen LogP) is -0.573. The van der Waals surface area contributed by atoms with Crippen molar-refractivity contribution >= 4 is 58.1 Å². The van der Waals surface area contributed by atoms with Crippen LogP contribution in [0.25, 0.3) is 22.3 Å². The van der Waals surface area contributed by atoms with Crippen LogP contribution in [0.2, 0.25) is 0 Å². The number of fused-ring (bicyclic) bond motifs is 2. The molecule has 272 valence electrons. The Hall–Kier alpha value is -4.07. The van der Waals surface area contributed by atoms with Crippen molar-refractivity contribution in [3.63, 3.8) is 0 Å². The number of rotatable bonds is 13. The first kappa shape index (κ1) is 35.7. The summed E-state index contributed by atoms with van der Waals surface area (Å²) in [6.45, 7) is 2.20. The number of carbonyl (C=O) groups is 1. The van der Waals surface area contributed by atoms with Gasteiger partial charge >= 0.3 is 18.1 Å². The number of phosphoric ester groups is 1. The number of hydrogen-bond donors (Lipinski definition) is 5. The summed E-state index contributed by atoms with van der Waals surface area (Å²) in [4.78, 5) is 53.9. The number of nitrogens with two attached hydrogens (primary N) is 1. The van der Waals surface area contributed by atoms with Crippen LogP contribution in [0.1, 0.15) is 39.1 Å². The maximum absolute atomic E-state index is 16.0. The first-order valence-corrected chi connectivity index (χ1v) is 17.8. The largest absolute Gasteiger partial charge is 0.472 e. The molecular formula is C24H32FN12O11PS. The molecule has 4 aromatic heterocycles. The van der Waals surface area contributed by atoms with E-state index in [-0.39, 0.29) is 52.3 Å². The van der Waals surface area contributed by atoms with Crippen molar-refractivity contribution in [3.05, 3.63) is 23.0 Å². The van der Waals surface area contributed by atoms with Crippen molar-refractivity contribution in [1.29, 1.82) is 0 Å². The maximum Gasteiger partial charge on any atom is 0.472 e. The van der Waals surface area contributed by atoms with E-state index in [1.54, 1.807) is 13.8 Å². The third kappa shape index (κ3) is 7.35. The Labute approximate surface area is 280 Å². The molecule has 50 heavy (non-hydrogen) atoms. The van der Waals surface area contributed by atoms with Crippen molar-refractivity contribution in [2.75, 3.05) is 31.3 Å². The smallest absolute Gasteiger partial charge is 0.382 e. The molecule has 0 aromatic carbocycles. The average Bonchev–Trinajstić information content (AvgIpc) is 3.86. The number of hydrogen-bond acceptors (Lipinski definition) is 17. The lowest BCUT2D eigenvalue weighted by molar-refractivity contribution is -0.118. The van der Waals surface area contributed by atoms with Crippen molar-refractivity contribution in [1.82, 2.24) is 49.2 Å².